The molecule has 20 heavy (non-hydrogen) atoms. The topological polar surface area (TPSA) is 63.5 Å². The standard InChI is InChI=1S/C15H20N2O3/c1-18-11-6-13(19-2)15(14(7-11)20-3)12(8-16)17-9-10-4-5-10/h6-7,10,12,17H,4-5,9H2,1-3H3. The van der Waals surface area contributed by atoms with Crippen molar-refractivity contribution in [2.45, 2.75) is 18.9 Å². The van der Waals surface area contributed by atoms with E-state index in [0.717, 1.165) is 12.1 Å². The molecule has 0 radical (unpaired) electrons. The van der Waals surface area contributed by atoms with Gasteiger partial charge >= 0.3 is 0 Å². The maximum atomic E-state index is 9.42. The molecule has 0 bridgehead atoms. The van der Waals surface area contributed by atoms with Crippen LogP contribution in [0, 0.1) is 17.2 Å². The number of hydrogen-bond donors (Lipinski definition) is 1. The highest BCUT2D eigenvalue weighted by atomic mass is 16.5. The molecule has 2 rings (SSSR count). The second-order valence-corrected chi connectivity index (χ2v) is 4.86. The lowest BCUT2D eigenvalue weighted by Crippen LogP contribution is -2.23. The van der Waals surface area contributed by atoms with Gasteiger partial charge in [-0.25, -0.2) is 0 Å². The smallest absolute Gasteiger partial charge is 0.132 e. The molecule has 1 aliphatic carbocycles. The summed E-state index contributed by atoms with van der Waals surface area (Å²) >= 11 is 0. The van der Waals surface area contributed by atoms with E-state index in [1.807, 2.05) is 0 Å². The molecule has 5 heteroatoms. The first kappa shape index (κ1) is 14.5. The van der Waals surface area contributed by atoms with Crippen molar-refractivity contribution >= 4 is 0 Å². The average molecular weight is 276 g/mol. The van der Waals surface area contributed by atoms with Crippen LogP contribution in [0.15, 0.2) is 12.1 Å². The van der Waals surface area contributed by atoms with E-state index < -0.39 is 6.04 Å². The maximum absolute atomic E-state index is 9.42. The SMILES string of the molecule is COc1cc(OC)c(C(C#N)NCC2CC2)c(OC)c1. The van der Waals surface area contributed by atoms with Crippen LogP contribution >= 0.6 is 0 Å². The van der Waals surface area contributed by atoms with Gasteiger partial charge in [0.05, 0.1) is 33.0 Å². The Morgan fingerprint density at radius 3 is 2.20 bits per heavy atom. The monoisotopic (exact) mass is 276 g/mol. The molecule has 0 heterocycles. The third kappa shape index (κ3) is 3.14. The fourth-order valence-corrected chi connectivity index (χ4v) is 2.14. The Bertz CT molecular complexity index is 481. The summed E-state index contributed by atoms with van der Waals surface area (Å²) in [5.41, 5.74) is 0.721. The Morgan fingerprint density at radius 1 is 1.20 bits per heavy atom. The van der Waals surface area contributed by atoms with Crippen molar-refractivity contribution in [3.05, 3.63) is 17.7 Å². The zero-order valence-corrected chi connectivity index (χ0v) is 12.1. The predicted molar refractivity (Wildman–Crippen MR) is 75.2 cm³/mol. The Labute approximate surface area is 119 Å². The van der Waals surface area contributed by atoms with E-state index in [9.17, 15) is 5.26 Å². The number of nitrogens with zero attached hydrogens (tertiary/aromatic N) is 1. The van der Waals surface area contributed by atoms with Crippen LogP contribution in [0.1, 0.15) is 24.4 Å². The number of methoxy groups -OCH3 is 3. The lowest BCUT2D eigenvalue weighted by atomic mass is 10.0. The van der Waals surface area contributed by atoms with Gasteiger partial charge in [-0.1, -0.05) is 0 Å². The van der Waals surface area contributed by atoms with E-state index >= 15 is 0 Å². The van der Waals surface area contributed by atoms with Crippen molar-refractivity contribution in [2.75, 3.05) is 27.9 Å². The van der Waals surface area contributed by atoms with Crippen molar-refractivity contribution in [1.82, 2.24) is 5.32 Å². The summed E-state index contributed by atoms with van der Waals surface area (Å²) in [6, 6.07) is 5.35. The fourth-order valence-electron chi connectivity index (χ4n) is 2.14. The Kier molecular flexibility index (Phi) is 4.70. The lowest BCUT2D eigenvalue weighted by molar-refractivity contribution is 0.363. The number of benzene rings is 1. The van der Waals surface area contributed by atoms with Gasteiger partial charge in [0, 0.05) is 12.1 Å². The van der Waals surface area contributed by atoms with Gasteiger partial charge in [-0.15, -0.1) is 0 Å². The summed E-state index contributed by atoms with van der Waals surface area (Å²) in [6.07, 6.45) is 2.48. The molecular formula is C15H20N2O3. The van der Waals surface area contributed by atoms with E-state index in [1.165, 1.54) is 12.8 Å². The molecule has 0 spiro atoms. The van der Waals surface area contributed by atoms with E-state index in [4.69, 9.17) is 14.2 Å². The zero-order valence-electron chi connectivity index (χ0n) is 12.1. The minimum Gasteiger partial charge on any atom is -0.496 e. The molecule has 1 aromatic carbocycles. The zero-order chi connectivity index (χ0) is 14.5. The van der Waals surface area contributed by atoms with Gasteiger partial charge in [-0.2, -0.15) is 5.26 Å². The van der Waals surface area contributed by atoms with Crippen LogP contribution in [0.2, 0.25) is 0 Å². The molecule has 108 valence electrons. The van der Waals surface area contributed by atoms with Crippen LogP contribution in [0.25, 0.3) is 0 Å². The third-order valence-electron chi connectivity index (χ3n) is 3.48. The largest absolute Gasteiger partial charge is 0.496 e. The second kappa shape index (κ2) is 6.49. The lowest BCUT2D eigenvalue weighted by Gasteiger charge is -2.19. The van der Waals surface area contributed by atoms with Gasteiger partial charge < -0.3 is 14.2 Å². The maximum Gasteiger partial charge on any atom is 0.132 e. The Hall–Kier alpha value is -1.93. The molecule has 0 saturated heterocycles. The first-order valence-corrected chi connectivity index (χ1v) is 6.66. The molecule has 1 aliphatic rings. The Morgan fingerprint density at radius 2 is 1.80 bits per heavy atom. The van der Waals surface area contributed by atoms with Gasteiger partial charge in [0.2, 0.25) is 0 Å². The highest BCUT2D eigenvalue weighted by molar-refractivity contribution is 5.53. The van der Waals surface area contributed by atoms with Crippen molar-refractivity contribution in [1.29, 1.82) is 5.26 Å². The van der Waals surface area contributed by atoms with Gasteiger partial charge in [0.1, 0.15) is 23.3 Å². The first-order chi connectivity index (χ1) is 9.73. The molecule has 0 aliphatic heterocycles. The highest BCUT2D eigenvalue weighted by Gasteiger charge is 2.26. The minimum atomic E-state index is -0.452. The van der Waals surface area contributed by atoms with E-state index in [2.05, 4.69) is 11.4 Å². The summed E-state index contributed by atoms with van der Waals surface area (Å²) in [6.45, 7) is 0.844. The van der Waals surface area contributed by atoms with Crippen LogP contribution in [0.4, 0.5) is 0 Å². The Balaban J connectivity index is 2.32. The summed E-state index contributed by atoms with van der Waals surface area (Å²) in [4.78, 5) is 0. The molecule has 0 amide bonds. The molecule has 1 fully saturated rings. The normalized spacial score (nSPS) is 15.3. The van der Waals surface area contributed by atoms with Crippen LogP contribution in [0.5, 0.6) is 17.2 Å². The van der Waals surface area contributed by atoms with E-state index in [1.54, 1.807) is 33.5 Å². The summed E-state index contributed by atoms with van der Waals surface area (Å²) < 4.78 is 16.0. The van der Waals surface area contributed by atoms with Gasteiger partial charge in [-0.05, 0) is 25.3 Å². The molecular weight excluding hydrogens is 256 g/mol. The quantitative estimate of drug-likeness (QED) is 0.827. The van der Waals surface area contributed by atoms with Crippen LogP contribution in [-0.2, 0) is 0 Å². The highest BCUT2D eigenvalue weighted by Crippen LogP contribution is 2.38. The number of nitrogens with one attached hydrogen (secondary N) is 1. The van der Waals surface area contributed by atoms with Gasteiger partial charge in [0.15, 0.2) is 0 Å². The van der Waals surface area contributed by atoms with Crippen molar-refractivity contribution in [2.24, 2.45) is 5.92 Å². The van der Waals surface area contributed by atoms with Crippen molar-refractivity contribution in [3.8, 4) is 23.3 Å². The first-order valence-electron chi connectivity index (χ1n) is 6.66. The number of rotatable bonds is 7. The third-order valence-corrected chi connectivity index (χ3v) is 3.48. The van der Waals surface area contributed by atoms with Crippen LogP contribution < -0.4 is 19.5 Å². The van der Waals surface area contributed by atoms with Crippen molar-refractivity contribution < 1.29 is 14.2 Å². The predicted octanol–water partition coefficient (Wildman–Crippen LogP) is 2.28. The van der Waals surface area contributed by atoms with Crippen LogP contribution in [-0.4, -0.2) is 27.9 Å². The van der Waals surface area contributed by atoms with Gasteiger partial charge in [0.25, 0.3) is 0 Å². The molecule has 1 saturated carbocycles. The average Bonchev–Trinajstić information content (AvgIpc) is 3.31. The molecule has 1 atom stereocenters. The summed E-state index contributed by atoms with van der Waals surface area (Å²) in [5.74, 6) is 2.52. The molecule has 1 aromatic rings. The van der Waals surface area contributed by atoms with E-state index in [-0.39, 0.29) is 0 Å². The molecule has 0 aromatic heterocycles. The minimum absolute atomic E-state index is 0.452. The van der Waals surface area contributed by atoms with Gasteiger partial charge in [-0.3, -0.25) is 5.32 Å². The number of ether oxygens (including phenoxy) is 3. The van der Waals surface area contributed by atoms with Crippen LogP contribution in [0.3, 0.4) is 0 Å². The second-order valence-electron chi connectivity index (χ2n) is 4.86. The van der Waals surface area contributed by atoms with Crippen molar-refractivity contribution in [3.63, 3.8) is 0 Å². The summed E-state index contributed by atoms with van der Waals surface area (Å²) in [7, 11) is 4.74. The number of hydrogen-bond acceptors (Lipinski definition) is 5. The fraction of sp³-hybridized carbons (Fsp3) is 0.533. The summed E-state index contributed by atoms with van der Waals surface area (Å²) in [5, 5.41) is 12.7. The number of nitriles is 1. The molecule has 1 unspecified atom stereocenters. The van der Waals surface area contributed by atoms with E-state index in [0.29, 0.717) is 23.2 Å². The molecule has 1 N–H and O–H groups in total. The molecule has 5 nitrogen and oxygen atoms in total.